The molecule has 2 fully saturated rings. The lowest BCUT2D eigenvalue weighted by atomic mass is 10.2. The topological polar surface area (TPSA) is 35.6 Å². The van der Waals surface area contributed by atoms with Gasteiger partial charge in [0.2, 0.25) is 0 Å². The molecule has 18 heavy (non-hydrogen) atoms. The van der Waals surface area contributed by atoms with Crippen LogP contribution in [-0.4, -0.2) is 42.7 Å². The van der Waals surface area contributed by atoms with Gasteiger partial charge in [-0.15, -0.1) is 0 Å². The fourth-order valence-electron chi connectivity index (χ4n) is 2.62. The summed E-state index contributed by atoms with van der Waals surface area (Å²) < 4.78 is 14.1. The van der Waals surface area contributed by atoms with Gasteiger partial charge in [0.15, 0.2) is 0 Å². The summed E-state index contributed by atoms with van der Waals surface area (Å²) in [4.78, 5) is 2.39. The fraction of sp³-hybridized carbons (Fsp3) is 0.538. The van der Waals surface area contributed by atoms with Crippen molar-refractivity contribution < 1.29 is 4.21 Å². The molecule has 2 aliphatic heterocycles. The van der Waals surface area contributed by atoms with Gasteiger partial charge in [-0.2, -0.15) is 0 Å². The lowest BCUT2D eigenvalue weighted by Gasteiger charge is -2.32. The minimum atomic E-state index is -0.835. The van der Waals surface area contributed by atoms with Crippen molar-refractivity contribution in [3.8, 4) is 0 Å². The summed E-state index contributed by atoms with van der Waals surface area (Å²) in [6.45, 7) is 5.01. The molecule has 3 rings (SSSR count). The molecule has 1 unspecified atom stereocenters. The summed E-state index contributed by atoms with van der Waals surface area (Å²) in [6.07, 6.45) is 1.03. The molecule has 1 aromatic carbocycles. The Morgan fingerprint density at radius 2 is 1.78 bits per heavy atom. The molecule has 2 saturated heterocycles. The van der Waals surface area contributed by atoms with Crippen molar-refractivity contribution in [2.75, 3.05) is 47.7 Å². The van der Waals surface area contributed by atoms with Crippen molar-refractivity contribution >= 4 is 22.4 Å². The monoisotopic (exact) mass is 265 g/mol. The third-order valence-electron chi connectivity index (χ3n) is 3.53. The zero-order valence-electron chi connectivity index (χ0n) is 10.5. The minimum Gasteiger partial charge on any atom is -0.367 e. The molecule has 1 N–H and O–H groups in total. The molecule has 2 aliphatic rings. The molecular formula is C13H19N3OS. The Kier molecular flexibility index (Phi) is 3.52. The molecule has 0 amide bonds. The van der Waals surface area contributed by atoms with E-state index in [0.717, 1.165) is 50.6 Å². The number of para-hydroxylation sites is 2. The normalized spacial score (nSPS) is 24.6. The van der Waals surface area contributed by atoms with E-state index >= 15 is 0 Å². The van der Waals surface area contributed by atoms with Gasteiger partial charge in [-0.05, 0) is 18.6 Å². The summed E-state index contributed by atoms with van der Waals surface area (Å²) in [6, 6.07) is 8.35. The van der Waals surface area contributed by atoms with Crippen molar-refractivity contribution in [2.45, 2.75) is 6.42 Å². The maximum Gasteiger partial charge on any atom is 0.119 e. The Hall–Kier alpha value is -1.07. The first-order valence-electron chi connectivity index (χ1n) is 6.57. The number of benzene rings is 1. The van der Waals surface area contributed by atoms with E-state index in [9.17, 15) is 4.21 Å². The molecule has 1 atom stereocenters. The lowest BCUT2D eigenvalue weighted by Crippen LogP contribution is -2.44. The standard InChI is InChI=1S/C13H19N3OS/c17-18-11-3-8-16(18)13-5-2-1-4-12(13)15-9-6-14-7-10-15/h1-2,4-5,14H,3,6-11H2. The van der Waals surface area contributed by atoms with Crippen molar-refractivity contribution in [1.82, 2.24) is 5.32 Å². The van der Waals surface area contributed by atoms with Crippen LogP contribution < -0.4 is 14.5 Å². The third kappa shape index (κ3) is 2.24. The molecule has 0 spiro atoms. The Labute approximate surface area is 111 Å². The van der Waals surface area contributed by atoms with Gasteiger partial charge in [-0.3, -0.25) is 4.31 Å². The minimum absolute atomic E-state index is 0.801. The number of anilines is 2. The number of rotatable bonds is 2. The second-order valence-corrected chi connectivity index (χ2v) is 6.20. The van der Waals surface area contributed by atoms with Gasteiger partial charge >= 0.3 is 0 Å². The highest BCUT2D eigenvalue weighted by molar-refractivity contribution is 7.86. The summed E-state index contributed by atoms with van der Waals surface area (Å²) in [5.41, 5.74) is 2.37. The number of hydrogen-bond donors (Lipinski definition) is 1. The lowest BCUT2D eigenvalue weighted by molar-refractivity contribution is 0.589. The van der Waals surface area contributed by atoms with Gasteiger partial charge in [0.1, 0.15) is 11.0 Å². The SMILES string of the molecule is O=S1CCCN1c1ccccc1N1CCNCC1. The van der Waals surface area contributed by atoms with Crippen molar-refractivity contribution in [1.29, 1.82) is 0 Å². The molecule has 0 aromatic heterocycles. The van der Waals surface area contributed by atoms with Crippen LogP contribution in [0.5, 0.6) is 0 Å². The molecule has 0 radical (unpaired) electrons. The highest BCUT2D eigenvalue weighted by atomic mass is 32.2. The Morgan fingerprint density at radius 3 is 2.44 bits per heavy atom. The predicted molar refractivity (Wildman–Crippen MR) is 76.5 cm³/mol. The first kappa shape index (κ1) is 12.0. The van der Waals surface area contributed by atoms with Crippen molar-refractivity contribution in [2.24, 2.45) is 0 Å². The van der Waals surface area contributed by atoms with E-state index in [1.54, 1.807) is 0 Å². The highest BCUT2D eigenvalue weighted by Crippen LogP contribution is 2.32. The predicted octanol–water partition coefficient (Wildman–Crippen LogP) is 0.970. The Balaban J connectivity index is 1.91. The summed E-state index contributed by atoms with van der Waals surface area (Å²) >= 11 is 0. The number of piperazine rings is 1. The molecule has 0 saturated carbocycles. The first-order chi connectivity index (χ1) is 8.86. The smallest absolute Gasteiger partial charge is 0.119 e. The van der Waals surface area contributed by atoms with E-state index in [4.69, 9.17) is 0 Å². The van der Waals surface area contributed by atoms with Gasteiger partial charge < -0.3 is 10.2 Å². The van der Waals surface area contributed by atoms with E-state index in [0.29, 0.717) is 0 Å². The number of nitrogens with one attached hydrogen (secondary N) is 1. The van der Waals surface area contributed by atoms with Gasteiger partial charge in [-0.1, -0.05) is 12.1 Å². The van der Waals surface area contributed by atoms with Crippen LogP contribution >= 0.6 is 0 Å². The van der Waals surface area contributed by atoms with E-state index in [1.807, 2.05) is 6.07 Å². The molecule has 0 aliphatic carbocycles. The maximum atomic E-state index is 12.0. The van der Waals surface area contributed by atoms with Crippen LogP contribution in [0.25, 0.3) is 0 Å². The fourth-order valence-corrected chi connectivity index (χ4v) is 3.92. The van der Waals surface area contributed by atoms with Crippen LogP contribution in [0.3, 0.4) is 0 Å². The van der Waals surface area contributed by atoms with Crippen LogP contribution in [0.2, 0.25) is 0 Å². The number of hydrogen-bond acceptors (Lipinski definition) is 3. The Morgan fingerprint density at radius 1 is 1.06 bits per heavy atom. The third-order valence-corrected chi connectivity index (χ3v) is 5.04. The molecular weight excluding hydrogens is 246 g/mol. The average molecular weight is 265 g/mol. The summed E-state index contributed by atoms with van der Waals surface area (Å²) in [5.74, 6) is 0.801. The average Bonchev–Trinajstić information content (AvgIpc) is 2.86. The second-order valence-electron chi connectivity index (χ2n) is 4.71. The molecule has 1 aromatic rings. The maximum absolute atomic E-state index is 12.0. The van der Waals surface area contributed by atoms with Crippen molar-refractivity contribution in [3.05, 3.63) is 24.3 Å². The molecule has 4 nitrogen and oxygen atoms in total. The first-order valence-corrected chi connectivity index (χ1v) is 7.84. The van der Waals surface area contributed by atoms with Crippen LogP contribution in [0.1, 0.15) is 6.42 Å². The van der Waals surface area contributed by atoms with Gasteiger partial charge in [0.25, 0.3) is 0 Å². The molecule has 5 heteroatoms. The highest BCUT2D eigenvalue weighted by Gasteiger charge is 2.24. The molecule has 0 bridgehead atoms. The Bertz CT molecular complexity index is 446. The van der Waals surface area contributed by atoms with Gasteiger partial charge in [0, 0.05) is 38.5 Å². The zero-order valence-corrected chi connectivity index (χ0v) is 11.3. The van der Waals surface area contributed by atoms with Crippen LogP contribution in [0.4, 0.5) is 11.4 Å². The van der Waals surface area contributed by atoms with Crippen LogP contribution in [0.15, 0.2) is 24.3 Å². The van der Waals surface area contributed by atoms with Crippen molar-refractivity contribution in [3.63, 3.8) is 0 Å². The van der Waals surface area contributed by atoms with Crippen LogP contribution in [0, 0.1) is 0 Å². The molecule has 2 heterocycles. The van der Waals surface area contributed by atoms with E-state index in [1.165, 1.54) is 5.69 Å². The van der Waals surface area contributed by atoms with Gasteiger partial charge in [-0.25, -0.2) is 4.21 Å². The molecule has 98 valence electrons. The number of nitrogens with zero attached hydrogens (tertiary/aromatic N) is 2. The van der Waals surface area contributed by atoms with Crippen LogP contribution in [-0.2, 0) is 11.0 Å². The largest absolute Gasteiger partial charge is 0.367 e. The summed E-state index contributed by atoms with van der Waals surface area (Å²) in [7, 11) is -0.835. The zero-order chi connectivity index (χ0) is 12.4. The summed E-state index contributed by atoms with van der Waals surface area (Å²) in [5, 5.41) is 3.37. The van der Waals surface area contributed by atoms with E-state index in [2.05, 4.69) is 32.7 Å². The van der Waals surface area contributed by atoms with E-state index in [-0.39, 0.29) is 0 Å². The quantitative estimate of drug-likeness (QED) is 0.865. The second kappa shape index (κ2) is 5.28. The van der Waals surface area contributed by atoms with E-state index < -0.39 is 11.0 Å². The van der Waals surface area contributed by atoms with Gasteiger partial charge in [0.05, 0.1) is 11.4 Å².